The number of aryl methyl sites for hydroxylation is 2. The first-order valence-corrected chi connectivity index (χ1v) is 13.4. The van der Waals surface area contributed by atoms with Gasteiger partial charge in [-0.3, -0.25) is 14.4 Å². The van der Waals surface area contributed by atoms with Crippen molar-refractivity contribution in [2.45, 2.75) is 43.7 Å². The van der Waals surface area contributed by atoms with Crippen molar-refractivity contribution in [1.29, 1.82) is 0 Å². The van der Waals surface area contributed by atoms with Crippen molar-refractivity contribution >= 4 is 33.4 Å². The molecule has 3 aliphatic rings. The number of benzene rings is 1. The molecule has 3 amide bonds. The monoisotopic (exact) mass is 533 g/mol. The number of ether oxygens (including phenoxy) is 1. The van der Waals surface area contributed by atoms with Crippen LogP contribution in [0.25, 0.3) is 0 Å². The Kier molecular flexibility index (Phi) is 6.02. The minimum absolute atomic E-state index is 0.00936. The van der Waals surface area contributed by atoms with E-state index < -0.39 is 45.0 Å². The van der Waals surface area contributed by atoms with Gasteiger partial charge in [-0.25, -0.2) is 17.5 Å². The van der Waals surface area contributed by atoms with E-state index in [2.05, 4.69) is 15.4 Å². The number of rotatable bonds is 3. The maximum Gasteiger partial charge on any atom is 0.311 e. The number of fused-ring (bicyclic) bond motifs is 2. The summed E-state index contributed by atoms with van der Waals surface area (Å²) < 4.78 is 50.4. The van der Waals surface area contributed by atoms with Gasteiger partial charge in [-0.15, -0.1) is 0 Å². The minimum Gasteiger partial charge on any atom is -0.489 e. The third kappa shape index (κ3) is 4.68. The lowest BCUT2D eigenvalue weighted by molar-refractivity contribution is -0.145. The Morgan fingerprint density at radius 2 is 1.97 bits per heavy atom. The summed E-state index contributed by atoms with van der Waals surface area (Å²) in [6.45, 7) is 3.42. The number of sulfonamides is 1. The highest BCUT2D eigenvalue weighted by atomic mass is 32.2. The molecule has 13 heteroatoms. The highest BCUT2D eigenvalue weighted by molar-refractivity contribution is 7.89. The van der Waals surface area contributed by atoms with Crippen LogP contribution in [0.1, 0.15) is 35.8 Å². The summed E-state index contributed by atoms with van der Waals surface area (Å²) in [5, 5.41) is 5.32. The third-order valence-corrected chi connectivity index (χ3v) is 8.52. The highest BCUT2D eigenvalue weighted by Gasteiger charge is 2.50. The number of carbonyl (C=O) groups excluding carboxylic acids is 3. The van der Waals surface area contributed by atoms with E-state index >= 15 is 0 Å². The Hall–Kier alpha value is -3.45. The van der Waals surface area contributed by atoms with Gasteiger partial charge in [0.15, 0.2) is 11.4 Å². The topological polar surface area (TPSA) is 139 Å². The molecule has 1 saturated heterocycles. The largest absolute Gasteiger partial charge is 0.489 e. The lowest BCUT2D eigenvalue weighted by atomic mass is 9.87. The van der Waals surface area contributed by atoms with Gasteiger partial charge in [-0.05, 0) is 43.5 Å². The molecular weight excluding hydrogens is 505 g/mol. The van der Waals surface area contributed by atoms with Crippen molar-refractivity contribution in [3.63, 3.8) is 0 Å². The number of likely N-dealkylation sites (tertiary alicyclic amines) is 1. The summed E-state index contributed by atoms with van der Waals surface area (Å²) in [5.74, 6) is -2.59. The molecule has 1 aromatic carbocycles. The molecule has 1 aliphatic carbocycles. The molecule has 3 heterocycles. The molecule has 2 atom stereocenters. The first kappa shape index (κ1) is 25.2. The smallest absolute Gasteiger partial charge is 0.311 e. The van der Waals surface area contributed by atoms with Gasteiger partial charge >= 0.3 is 11.8 Å². The number of nitrogens with zero attached hydrogens (tertiary/aromatic N) is 2. The van der Waals surface area contributed by atoms with E-state index in [9.17, 15) is 27.2 Å². The van der Waals surface area contributed by atoms with Crippen LogP contribution in [0.4, 0.5) is 10.1 Å². The van der Waals surface area contributed by atoms with Crippen LogP contribution in [-0.4, -0.2) is 67.4 Å². The van der Waals surface area contributed by atoms with Crippen molar-refractivity contribution in [2.75, 3.05) is 25.0 Å². The summed E-state index contributed by atoms with van der Waals surface area (Å²) in [6.07, 6.45) is 2.96. The summed E-state index contributed by atoms with van der Waals surface area (Å²) in [5.41, 5.74) is -0.211. The fourth-order valence-electron chi connectivity index (χ4n) is 4.72. The van der Waals surface area contributed by atoms with E-state index in [1.807, 2.05) is 0 Å². The summed E-state index contributed by atoms with van der Waals surface area (Å²) in [7, 11) is -2.63. The molecule has 1 aromatic heterocycles. The lowest BCUT2D eigenvalue weighted by Gasteiger charge is -2.32. The van der Waals surface area contributed by atoms with Crippen LogP contribution in [0.3, 0.4) is 0 Å². The zero-order valence-electron chi connectivity index (χ0n) is 20.6. The molecule has 1 saturated carbocycles. The second-order valence-corrected chi connectivity index (χ2v) is 11.9. The third-order valence-electron chi connectivity index (χ3n) is 7.06. The minimum atomic E-state index is -4.16. The second-order valence-electron chi connectivity index (χ2n) is 10.3. The number of halogens is 1. The summed E-state index contributed by atoms with van der Waals surface area (Å²) >= 11 is 0. The number of hydrogen-bond donors (Lipinski definition) is 3. The van der Waals surface area contributed by atoms with E-state index in [1.54, 1.807) is 13.8 Å². The predicted octanol–water partition coefficient (Wildman–Crippen LogP) is 0.891. The predicted molar refractivity (Wildman–Crippen MR) is 130 cm³/mol. The lowest BCUT2D eigenvalue weighted by Crippen LogP contribution is -2.49. The van der Waals surface area contributed by atoms with Crippen LogP contribution in [-0.2, 0) is 26.7 Å². The Labute approximate surface area is 213 Å². The second kappa shape index (κ2) is 8.84. The van der Waals surface area contributed by atoms with Crippen molar-refractivity contribution in [3.8, 4) is 5.75 Å². The average Bonchev–Trinajstić information content (AvgIpc) is 3.49. The van der Waals surface area contributed by atoms with Crippen LogP contribution in [0.15, 0.2) is 29.3 Å². The van der Waals surface area contributed by atoms with Gasteiger partial charge in [-0.2, -0.15) is 0 Å². The Bertz CT molecular complexity index is 1420. The molecule has 198 valence electrons. The molecule has 2 aliphatic heterocycles. The van der Waals surface area contributed by atoms with Gasteiger partial charge in [0.2, 0.25) is 10.0 Å². The van der Waals surface area contributed by atoms with Crippen molar-refractivity contribution in [1.82, 2.24) is 19.5 Å². The van der Waals surface area contributed by atoms with Gasteiger partial charge in [0.25, 0.3) is 5.91 Å². The van der Waals surface area contributed by atoms with E-state index in [1.165, 1.54) is 40.9 Å². The Balaban J connectivity index is 1.41. The number of carbonyl (C=O) groups is 3. The number of hydrogen-bond acceptors (Lipinski definition) is 6. The Morgan fingerprint density at radius 3 is 2.65 bits per heavy atom. The molecule has 2 aromatic rings. The molecular formula is C24H28FN5O6S. The van der Waals surface area contributed by atoms with Gasteiger partial charge in [-0.1, -0.05) is 6.92 Å². The molecule has 2 fully saturated rings. The van der Waals surface area contributed by atoms with E-state index in [-0.39, 0.29) is 42.1 Å². The standard InChI is InChI=1S/C24H28FN5O6S/c1-13-8-15(6-7-16(13)25)27-21(31)19-20-17(9-29(19)3)37(34,35)28-18-10-30(11-24(18,2)12-36-20)23(33)22(32)26-14-4-5-14/h6-9,14,18,28H,4-5,10-12H2,1-3H3,(H,26,32)(H,27,31)/t18-,24-/m1/s1. The van der Waals surface area contributed by atoms with Crippen LogP contribution in [0, 0.1) is 18.2 Å². The molecule has 5 rings (SSSR count). The van der Waals surface area contributed by atoms with Gasteiger partial charge in [0.05, 0.1) is 6.61 Å². The molecule has 11 nitrogen and oxygen atoms in total. The zero-order valence-corrected chi connectivity index (χ0v) is 21.4. The maximum atomic E-state index is 13.6. The molecule has 0 spiro atoms. The van der Waals surface area contributed by atoms with Gasteiger partial charge < -0.3 is 24.8 Å². The number of anilines is 1. The summed E-state index contributed by atoms with van der Waals surface area (Å²) in [6, 6.07) is 3.41. The number of aromatic nitrogens is 1. The fraction of sp³-hybridized carbons (Fsp3) is 0.458. The fourth-order valence-corrected chi connectivity index (χ4v) is 6.28. The maximum absolute atomic E-state index is 13.6. The molecule has 3 N–H and O–H groups in total. The van der Waals surface area contributed by atoms with Gasteiger partial charge in [0.1, 0.15) is 10.7 Å². The molecule has 0 bridgehead atoms. The van der Waals surface area contributed by atoms with Crippen molar-refractivity contribution in [3.05, 3.63) is 41.5 Å². The van der Waals surface area contributed by atoms with Crippen LogP contribution in [0.5, 0.6) is 5.75 Å². The SMILES string of the molecule is Cc1cc(NC(=O)c2c3c(cn2C)S(=O)(=O)N[C@@H]2CN(C(=O)C(=O)NC4CC4)C[C@]2(C)CO3)ccc1F. The normalized spacial score (nSPS) is 24.2. The molecule has 37 heavy (non-hydrogen) atoms. The molecule has 0 unspecified atom stereocenters. The first-order chi connectivity index (χ1) is 17.4. The van der Waals surface area contributed by atoms with Crippen LogP contribution in [0.2, 0.25) is 0 Å². The quantitative estimate of drug-likeness (QED) is 0.501. The average molecular weight is 534 g/mol. The van der Waals surface area contributed by atoms with Crippen molar-refractivity contribution in [2.24, 2.45) is 12.5 Å². The zero-order chi connectivity index (χ0) is 26.7. The van der Waals surface area contributed by atoms with Crippen molar-refractivity contribution < 1.29 is 31.9 Å². The Morgan fingerprint density at radius 1 is 1.24 bits per heavy atom. The first-order valence-electron chi connectivity index (χ1n) is 11.9. The number of nitrogens with one attached hydrogen (secondary N) is 3. The van der Waals surface area contributed by atoms with E-state index in [0.29, 0.717) is 11.3 Å². The van der Waals surface area contributed by atoms with Gasteiger partial charge in [0, 0.05) is 49.5 Å². The van der Waals surface area contributed by atoms with E-state index in [0.717, 1.165) is 12.8 Å². The number of amides is 3. The highest BCUT2D eigenvalue weighted by Crippen LogP contribution is 2.39. The van der Waals surface area contributed by atoms with Crippen LogP contribution < -0.4 is 20.1 Å². The molecule has 0 radical (unpaired) electrons. The summed E-state index contributed by atoms with van der Waals surface area (Å²) in [4.78, 5) is 39.3. The van der Waals surface area contributed by atoms with E-state index in [4.69, 9.17) is 4.74 Å². The van der Waals surface area contributed by atoms with Crippen LogP contribution >= 0.6 is 0 Å².